The molecular weight excluding hydrogens is 394 g/mol. The molecule has 3 nitrogen and oxygen atoms in total. The highest BCUT2D eigenvalue weighted by Crippen LogP contribution is 2.22. The third-order valence-electron chi connectivity index (χ3n) is 4.84. The predicted octanol–water partition coefficient (Wildman–Crippen LogP) is 5.82. The molecule has 0 bridgehead atoms. The summed E-state index contributed by atoms with van der Waals surface area (Å²) in [6.07, 6.45) is 3.75. The van der Waals surface area contributed by atoms with Gasteiger partial charge in [0, 0.05) is 25.7 Å². The molecule has 31 heavy (non-hydrogen) atoms. The normalized spacial score (nSPS) is 13.0. The number of nitrogens with one attached hydrogen (secondary N) is 1. The van der Waals surface area contributed by atoms with E-state index in [9.17, 15) is 13.6 Å². The lowest BCUT2D eigenvalue weighted by Crippen LogP contribution is -2.20. The first kappa shape index (κ1) is 24.9. The molecule has 1 amide bonds. The summed E-state index contributed by atoms with van der Waals surface area (Å²) in [6, 6.07) is 10.2. The van der Waals surface area contributed by atoms with E-state index in [0.717, 1.165) is 19.0 Å². The Morgan fingerprint density at radius 3 is 2.29 bits per heavy atom. The average Bonchev–Trinajstić information content (AvgIpc) is 2.60. The number of carbonyl (C=O) groups excluding carboxylic acids is 1. The third kappa shape index (κ3) is 9.97. The Hall–Kier alpha value is -2.40. The first-order valence-corrected chi connectivity index (χ1v) is 10.8. The summed E-state index contributed by atoms with van der Waals surface area (Å²) in [5, 5.41) is 3.45. The maximum atomic E-state index is 13.5. The first-order valence-electron chi connectivity index (χ1n) is 10.8. The average molecular weight is 429 g/mol. The molecule has 1 atom stereocenters. The van der Waals surface area contributed by atoms with Crippen molar-refractivity contribution in [3.63, 3.8) is 0 Å². The van der Waals surface area contributed by atoms with Crippen LogP contribution in [-0.2, 0) is 24.2 Å². The van der Waals surface area contributed by atoms with Gasteiger partial charge in [0.1, 0.15) is 11.6 Å². The van der Waals surface area contributed by atoms with Crippen molar-refractivity contribution in [1.29, 1.82) is 0 Å². The topological polar surface area (TPSA) is 41.5 Å². The number of nitrogens with zero attached hydrogens (tertiary/aromatic N) is 1. The fourth-order valence-corrected chi connectivity index (χ4v) is 3.76. The van der Waals surface area contributed by atoms with Crippen LogP contribution >= 0.6 is 0 Å². The highest BCUT2D eigenvalue weighted by Gasteiger charge is 2.13. The van der Waals surface area contributed by atoms with Crippen LogP contribution in [0.4, 0.5) is 8.78 Å². The van der Waals surface area contributed by atoms with Gasteiger partial charge in [-0.05, 0) is 72.9 Å². The summed E-state index contributed by atoms with van der Waals surface area (Å²) < 4.78 is 27.0. The van der Waals surface area contributed by atoms with Crippen molar-refractivity contribution < 1.29 is 13.6 Å². The molecule has 1 unspecified atom stereocenters. The Balaban J connectivity index is 1.97. The van der Waals surface area contributed by atoms with Crippen LogP contribution in [-0.4, -0.2) is 18.7 Å². The van der Waals surface area contributed by atoms with Crippen LogP contribution < -0.4 is 5.32 Å². The van der Waals surface area contributed by atoms with E-state index in [1.807, 2.05) is 0 Å². The van der Waals surface area contributed by atoms with Gasteiger partial charge in [0.15, 0.2) is 0 Å². The molecule has 0 saturated carbocycles. The second-order valence-electron chi connectivity index (χ2n) is 9.57. The second-order valence-corrected chi connectivity index (χ2v) is 9.57. The molecule has 0 spiro atoms. The Kier molecular flexibility index (Phi) is 9.05. The van der Waals surface area contributed by atoms with Gasteiger partial charge in [0.05, 0.1) is 0 Å². The van der Waals surface area contributed by atoms with Gasteiger partial charge < -0.3 is 5.32 Å². The fraction of sp³-hybridized carbons (Fsp3) is 0.462. The van der Waals surface area contributed by atoms with Crippen LogP contribution in [0.15, 0.2) is 41.4 Å². The van der Waals surface area contributed by atoms with Crippen LogP contribution in [0.25, 0.3) is 0 Å². The number of carbonyl (C=O) groups is 1. The van der Waals surface area contributed by atoms with E-state index >= 15 is 0 Å². The summed E-state index contributed by atoms with van der Waals surface area (Å²) >= 11 is 0. The largest absolute Gasteiger partial charge is 0.313 e. The van der Waals surface area contributed by atoms with E-state index in [1.54, 1.807) is 6.21 Å². The molecule has 0 radical (unpaired) electrons. The Morgan fingerprint density at radius 1 is 1.03 bits per heavy atom. The highest BCUT2D eigenvalue weighted by molar-refractivity contribution is 5.83. The molecule has 0 aromatic heterocycles. The monoisotopic (exact) mass is 428 g/mol. The predicted molar refractivity (Wildman–Crippen MR) is 123 cm³/mol. The van der Waals surface area contributed by atoms with Gasteiger partial charge in [-0.15, -0.1) is 0 Å². The van der Waals surface area contributed by atoms with E-state index in [0.29, 0.717) is 24.9 Å². The molecular formula is C26H34F2N2O. The minimum Gasteiger partial charge on any atom is -0.313 e. The van der Waals surface area contributed by atoms with Crippen LogP contribution in [0.1, 0.15) is 56.4 Å². The van der Waals surface area contributed by atoms with Crippen molar-refractivity contribution in [1.82, 2.24) is 5.32 Å². The lowest BCUT2D eigenvalue weighted by atomic mass is 9.87. The van der Waals surface area contributed by atoms with Gasteiger partial charge in [-0.1, -0.05) is 44.5 Å². The molecule has 168 valence electrons. The zero-order valence-corrected chi connectivity index (χ0v) is 19.3. The molecule has 0 saturated heterocycles. The number of benzene rings is 2. The number of aryl methyl sites for hydroxylation is 1. The first-order chi connectivity index (χ1) is 14.5. The molecule has 0 aliphatic heterocycles. The van der Waals surface area contributed by atoms with Crippen molar-refractivity contribution in [2.45, 2.75) is 60.4 Å². The number of halogens is 2. The summed E-state index contributed by atoms with van der Waals surface area (Å²) in [7, 11) is 0. The minimum atomic E-state index is -0.596. The summed E-state index contributed by atoms with van der Waals surface area (Å²) in [5.74, 6) is -1.57. The smallest absolute Gasteiger partial charge is 0.242 e. The number of amides is 1. The van der Waals surface area contributed by atoms with Crippen molar-refractivity contribution in [2.24, 2.45) is 16.3 Å². The quantitative estimate of drug-likeness (QED) is 0.404. The van der Waals surface area contributed by atoms with Gasteiger partial charge in [-0.25, -0.2) is 13.8 Å². The van der Waals surface area contributed by atoms with E-state index in [4.69, 9.17) is 0 Å². The van der Waals surface area contributed by atoms with Gasteiger partial charge in [-0.3, -0.25) is 4.79 Å². The van der Waals surface area contributed by atoms with Crippen molar-refractivity contribution in [2.75, 3.05) is 6.54 Å². The summed E-state index contributed by atoms with van der Waals surface area (Å²) in [5.41, 5.74) is 4.61. The van der Waals surface area contributed by atoms with E-state index in [-0.39, 0.29) is 17.2 Å². The van der Waals surface area contributed by atoms with Crippen LogP contribution in [0.2, 0.25) is 0 Å². The second kappa shape index (κ2) is 11.3. The minimum absolute atomic E-state index is 0.0911. The van der Waals surface area contributed by atoms with Crippen LogP contribution in [0, 0.1) is 29.9 Å². The zero-order valence-electron chi connectivity index (χ0n) is 19.3. The third-order valence-corrected chi connectivity index (χ3v) is 4.84. The Bertz CT molecular complexity index is 896. The van der Waals surface area contributed by atoms with Gasteiger partial charge in [0.25, 0.3) is 0 Å². The van der Waals surface area contributed by atoms with E-state index in [1.165, 1.54) is 35.7 Å². The maximum Gasteiger partial charge on any atom is 0.242 e. The molecule has 2 aromatic carbocycles. The Labute approximate surface area is 185 Å². The van der Waals surface area contributed by atoms with Crippen molar-refractivity contribution >= 4 is 12.1 Å². The zero-order chi connectivity index (χ0) is 23.0. The summed E-state index contributed by atoms with van der Waals surface area (Å²) in [4.78, 5) is 15.1. The lowest BCUT2D eigenvalue weighted by Gasteiger charge is -2.19. The maximum absolute atomic E-state index is 13.5. The number of hydrogen-bond donors (Lipinski definition) is 1. The van der Waals surface area contributed by atoms with Gasteiger partial charge in [0.2, 0.25) is 5.91 Å². The molecule has 1 N–H and O–H groups in total. The molecule has 0 aliphatic rings. The molecule has 0 heterocycles. The number of hydrogen-bond acceptors (Lipinski definition) is 2. The number of aliphatic imine (C=N–C) groups is 1. The van der Waals surface area contributed by atoms with Crippen molar-refractivity contribution in [3.05, 3.63) is 70.3 Å². The molecule has 0 fully saturated rings. The van der Waals surface area contributed by atoms with Crippen LogP contribution in [0.5, 0.6) is 0 Å². The van der Waals surface area contributed by atoms with Gasteiger partial charge >= 0.3 is 0 Å². The highest BCUT2D eigenvalue weighted by atomic mass is 19.1. The van der Waals surface area contributed by atoms with Gasteiger partial charge in [-0.2, -0.15) is 0 Å². The molecule has 5 heteroatoms. The number of rotatable bonds is 9. The Morgan fingerprint density at radius 2 is 1.68 bits per heavy atom. The lowest BCUT2D eigenvalue weighted by molar-refractivity contribution is -0.115. The fourth-order valence-electron chi connectivity index (χ4n) is 3.76. The van der Waals surface area contributed by atoms with Crippen molar-refractivity contribution in [3.8, 4) is 0 Å². The van der Waals surface area contributed by atoms with Crippen LogP contribution in [0.3, 0.4) is 0 Å². The van der Waals surface area contributed by atoms with E-state index < -0.39 is 11.6 Å². The standard InChI is InChI=1S/C26H34F2N2O/c1-18-8-22(15-26(3,4)5)11-23(9-18)16-29-7-6-20(17-30-19(2)31)10-21-12-24(27)14-25(28)13-21/h8-9,11-14,17,20,29H,6-7,10,15-16H2,1-5H3. The molecule has 0 aliphatic carbocycles. The summed E-state index contributed by atoms with van der Waals surface area (Å²) in [6.45, 7) is 11.7. The molecule has 2 rings (SSSR count). The molecule has 2 aromatic rings. The van der Waals surface area contributed by atoms with E-state index in [2.05, 4.69) is 56.2 Å². The SMILES string of the molecule is CC(=O)N=CC(CCNCc1cc(C)cc(CC(C)(C)C)c1)Cc1cc(F)cc(F)c1.